The van der Waals surface area contributed by atoms with Crippen LogP contribution in [0.1, 0.15) is 13.3 Å². The largest absolute Gasteiger partial charge is 0.395 e. The van der Waals surface area contributed by atoms with Crippen molar-refractivity contribution in [2.24, 2.45) is 0 Å². The summed E-state index contributed by atoms with van der Waals surface area (Å²) in [6, 6.07) is 0. The van der Waals surface area contributed by atoms with Crippen LogP contribution in [-0.2, 0) is 4.74 Å². The minimum Gasteiger partial charge on any atom is -0.395 e. The van der Waals surface area contributed by atoms with Crippen molar-refractivity contribution in [1.29, 1.82) is 0 Å². The lowest BCUT2D eigenvalue weighted by Gasteiger charge is -2.34. The second kappa shape index (κ2) is 8.05. The maximum Gasteiger partial charge on any atom is 0.0593 e. The minimum absolute atomic E-state index is 0.277. The number of hydrogen-bond donors (Lipinski definition) is 1. The summed E-state index contributed by atoms with van der Waals surface area (Å²) in [7, 11) is 0. The van der Waals surface area contributed by atoms with Gasteiger partial charge in [-0.1, -0.05) is 6.92 Å². The Morgan fingerprint density at radius 2 is 1.60 bits per heavy atom. The Morgan fingerprint density at radius 3 is 2.13 bits per heavy atom. The molecule has 1 N–H and O–H groups in total. The van der Waals surface area contributed by atoms with Crippen molar-refractivity contribution in [3.05, 3.63) is 0 Å². The van der Waals surface area contributed by atoms with Crippen LogP contribution >= 0.6 is 0 Å². The monoisotopic (exact) mass is 216 g/mol. The van der Waals surface area contributed by atoms with Gasteiger partial charge in [0.1, 0.15) is 0 Å². The minimum atomic E-state index is 0.277. The maximum atomic E-state index is 8.81. The Bertz CT molecular complexity index is 145. The topological polar surface area (TPSA) is 35.9 Å². The van der Waals surface area contributed by atoms with Gasteiger partial charge in [0, 0.05) is 45.9 Å². The number of β-amino-alcohol motifs (C(OH)–C–C–N with tert-alkyl or cyclic N) is 1. The van der Waals surface area contributed by atoms with Crippen molar-refractivity contribution in [2.45, 2.75) is 13.3 Å². The molecular formula is C11H24N2O2. The van der Waals surface area contributed by atoms with Gasteiger partial charge in [0.25, 0.3) is 0 Å². The third-order valence-corrected chi connectivity index (χ3v) is 2.78. The van der Waals surface area contributed by atoms with Crippen molar-refractivity contribution in [3.63, 3.8) is 0 Å². The van der Waals surface area contributed by atoms with Crippen LogP contribution in [0.5, 0.6) is 0 Å². The van der Waals surface area contributed by atoms with Gasteiger partial charge in [0.05, 0.1) is 13.2 Å². The lowest BCUT2D eigenvalue weighted by molar-refractivity contribution is 0.0702. The van der Waals surface area contributed by atoms with Gasteiger partial charge in [-0.25, -0.2) is 0 Å². The van der Waals surface area contributed by atoms with Gasteiger partial charge >= 0.3 is 0 Å². The number of ether oxygens (including phenoxy) is 1. The molecule has 0 aromatic heterocycles. The molecule has 0 aromatic carbocycles. The molecule has 1 aliphatic heterocycles. The van der Waals surface area contributed by atoms with Gasteiger partial charge in [-0.05, 0) is 6.42 Å². The Hall–Kier alpha value is -0.160. The van der Waals surface area contributed by atoms with E-state index in [1.807, 2.05) is 0 Å². The van der Waals surface area contributed by atoms with E-state index >= 15 is 0 Å². The predicted octanol–water partition coefficient (Wildman–Crippen LogP) is 0.0229. The summed E-state index contributed by atoms with van der Waals surface area (Å²) in [6.07, 6.45) is 1.10. The van der Waals surface area contributed by atoms with Gasteiger partial charge < -0.3 is 9.84 Å². The summed E-state index contributed by atoms with van der Waals surface area (Å²) in [5, 5.41) is 8.81. The average Bonchev–Trinajstić information content (AvgIpc) is 2.27. The van der Waals surface area contributed by atoms with Crippen molar-refractivity contribution in [2.75, 3.05) is 59.1 Å². The van der Waals surface area contributed by atoms with E-state index in [0.717, 1.165) is 58.9 Å². The van der Waals surface area contributed by atoms with Gasteiger partial charge in [-0.2, -0.15) is 0 Å². The number of hydrogen-bond acceptors (Lipinski definition) is 4. The third kappa shape index (κ3) is 5.47. The summed E-state index contributed by atoms with van der Waals surface area (Å²) in [5.74, 6) is 0. The average molecular weight is 216 g/mol. The van der Waals surface area contributed by atoms with E-state index in [-0.39, 0.29) is 6.61 Å². The van der Waals surface area contributed by atoms with Crippen molar-refractivity contribution in [3.8, 4) is 0 Å². The predicted molar refractivity (Wildman–Crippen MR) is 61.1 cm³/mol. The first-order valence-corrected chi connectivity index (χ1v) is 6.00. The molecule has 1 fully saturated rings. The third-order valence-electron chi connectivity index (χ3n) is 2.78. The standard InChI is InChI=1S/C11H24N2O2/c1-2-10-15-11-8-13-5-3-12(4-6-13)7-9-14/h14H,2-11H2,1H3. The number of aliphatic hydroxyl groups is 1. The second-order valence-electron chi connectivity index (χ2n) is 4.02. The highest BCUT2D eigenvalue weighted by Crippen LogP contribution is 2.00. The fourth-order valence-electron chi connectivity index (χ4n) is 1.82. The molecule has 1 saturated heterocycles. The van der Waals surface area contributed by atoms with E-state index in [0.29, 0.717) is 0 Å². The molecule has 0 aromatic rings. The quantitative estimate of drug-likeness (QED) is 0.609. The van der Waals surface area contributed by atoms with Crippen LogP contribution in [-0.4, -0.2) is 74.0 Å². The molecule has 0 atom stereocenters. The van der Waals surface area contributed by atoms with E-state index in [1.54, 1.807) is 0 Å². The fourth-order valence-corrected chi connectivity index (χ4v) is 1.82. The van der Waals surface area contributed by atoms with E-state index in [2.05, 4.69) is 16.7 Å². The second-order valence-corrected chi connectivity index (χ2v) is 4.02. The first-order valence-electron chi connectivity index (χ1n) is 6.00. The van der Waals surface area contributed by atoms with Gasteiger partial charge in [0.2, 0.25) is 0 Å². The highest BCUT2D eigenvalue weighted by atomic mass is 16.5. The molecule has 0 unspecified atom stereocenters. The molecule has 4 heteroatoms. The number of nitrogens with zero attached hydrogens (tertiary/aromatic N) is 2. The van der Waals surface area contributed by atoms with Crippen molar-refractivity contribution in [1.82, 2.24) is 9.80 Å². The molecule has 0 spiro atoms. The van der Waals surface area contributed by atoms with Crippen LogP contribution in [0.2, 0.25) is 0 Å². The molecule has 0 radical (unpaired) electrons. The molecular weight excluding hydrogens is 192 g/mol. The lowest BCUT2D eigenvalue weighted by Crippen LogP contribution is -2.47. The summed E-state index contributed by atoms with van der Waals surface area (Å²) in [4.78, 5) is 4.74. The zero-order chi connectivity index (χ0) is 10.9. The molecule has 0 bridgehead atoms. The summed E-state index contributed by atoms with van der Waals surface area (Å²) < 4.78 is 5.46. The molecule has 0 aliphatic carbocycles. The van der Waals surface area contributed by atoms with E-state index in [9.17, 15) is 0 Å². The van der Waals surface area contributed by atoms with Crippen LogP contribution in [0.4, 0.5) is 0 Å². The molecule has 0 amide bonds. The molecule has 0 saturated carbocycles. The lowest BCUT2D eigenvalue weighted by atomic mass is 10.3. The Kier molecular flexibility index (Phi) is 6.92. The van der Waals surface area contributed by atoms with E-state index in [4.69, 9.17) is 9.84 Å². The zero-order valence-corrected chi connectivity index (χ0v) is 9.82. The van der Waals surface area contributed by atoms with E-state index < -0.39 is 0 Å². The smallest absolute Gasteiger partial charge is 0.0593 e. The highest BCUT2D eigenvalue weighted by Gasteiger charge is 2.15. The van der Waals surface area contributed by atoms with Crippen LogP contribution < -0.4 is 0 Å². The van der Waals surface area contributed by atoms with Gasteiger partial charge in [0.15, 0.2) is 0 Å². The van der Waals surface area contributed by atoms with Crippen LogP contribution in [0, 0.1) is 0 Å². The summed E-state index contributed by atoms with van der Waals surface area (Å²) in [5.41, 5.74) is 0. The molecule has 15 heavy (non-hydrogen) atoms. The Morgan fingerprint density at radius 1 is 1.00 bits per heavy atom. The Balaban J connectivity index is 1.99. The number of rotatable bonds is 7. The summed E-state index contributed by atoms with van der Waals surface area (Å²) >= 11 is 0. The van der Waals surface area contributed by atoms with Crippen LogP contribution in [0.15, 0.2) is 0 Å². The number of piperazine rings is 1. The molecule has 4 nitrogen and oxygen atoms in total. The van der Waals surface area contributed by atoms with Crippen molar-refractivity contribution >= 4 is 0 Å². The van der Waals surface area contributed by atoms with Crippen LogP contribution in [0.25, 0.3) is 0 Å². The van der Waals surface area contributed by atoms with Gasteiger partial charge in [-0.3, -0.25) is 9.80 Å². The normalized spacial score (nSPS) is 19.6. The van der Waals surface area contributed by atoms with Crippen molar-refractivity contribution < 1.29 is 9.84 Å². The van der Waals surface area contributed by atoms with Gasteiger partial charge in [-0.15, -0.1) is 0 Å². The Labute approximate surface area is 92.8 Å². The first-order chi connectivity index (χ1) is 7.36. The van der Waals surface area contributed by atoms with E-state index in [1.165, 1.54) is 0 Å². The van der Waals surface area contributed by atoms with Crippen LogP contribution in [0.3, 0.4) is 0 Å². The first kappa shape index (κ1) is 12.9. The summed E-state index contributed by atoms with van der Waals surface area (Å²) in [6.45, 7) is 10.4. The molecule has 90 valence electrons. The number of aliphatic hydroxyl groups excluding tert-OH is 1. The fraction of sp³-hybridized carbons (Fsp3) is 1.00. The molecule has 1 aliphatic rings. The zero-order valence-electron chi connectivity index (χ0n) is 9.82. The maximum absolute atomic E-state index is 8.81. The molecule has 1 rings (SSSR count). The molecule has 1 heterocycles. The highest BCUT2D eigenvalue weighted by molar-refractivity contribution is 4.71. The SMILES string of the molecule is CCCOCCN1CCN(CCO)CC1.